The van der Waals surface area contributed by atoms with Crippen molar-refractivity contribution in [1.82, 2.24) is 0 Å². The lowest BCUT2D eigenvalue weighted by atomic mass is 9.87. The summed E-state index contributed by atoms with van der Waals surface area (Å²) >= 11 is 15.4. The van der Waals surface area contributed by atoms with E-state index in [4.69, 9.17) is 23.2 Å². The molecule has 1 aliphatic carbocycles. The van der Waals surface area contributed by atoms with E-state index in [1.807, 2.05) is 18.2 Å². The van der Waals surface area contributed by atoms with Crippen molar-refractivity contribution in [3.05, 3.63) is 33.8 Å². The predicted octanol–water partition coefficient (Wildman–Crippen LogP) is 3.64. The molecule has 0 saturated carbocycles. The zero-order valence-electron chi connectivity index (χ0n) is 5.57. The van der Waals surface area contributed by atoms with Gasteiger partial charge in [-0.2, -0.15) is 0 Å². The Kier molecular flexibility index (Phi) is 1.71. The summed E-state index contributed by atoms with van der Waals surface area (Å²) in [6.07, 6.45) is 0.755. The van der Waals surface area contributed by atoms with E-state index in [0.29, 0.717) is 0 Å². The van der Waals surface area contributed by atoms with Crippen LogP contribution in [0, 0.1) is 0 Å². The minimum atomic E-state index is -0.657. The molecule has 0 fully saturated rings. The Bertz CT molecular complexity index is 293. The fraction of sp³-hybridized carbons (Fsp3) is 0.250. The number of alkyl halides is 2. The summed E-state index contributed by atoms with van der Waals surface area (Å²) in [6.45, 7) is 0. The third-order valence-electron chi connectivity index (χ3n) is 1.88. The van der Waals surface area contributed by atoms with Crippen LogP contribution in [0.15, 0.2) is 22.7 Å². The molecule has 0 bridgehead atoms. The summed E-state index contributed by atoms with van der Waals surface area (Å²) in [7, 11) is 0. The molecule has 0 unspecified atom stereocenters. The molecule has 1 aromatic carbocycles. The summed E-state index contributed by atoms with van der Waals surface area (Å²) < 4.78 is 0.348. The average Bonchev–Trinajstić information content (AvgIpc) is 1.84. The number of halogens is 3. The Morgan fingerprint density at radius 1 is 1.36 bits per heavy atom. The molecule has 0 nitrogen and oxygen atoms in total. The van der Waals surface area contributed by atoms with E-state index in [-0.39, 0.29) is 0 Å². The van der Waals surface area contributed by atoms with E-state index < -0.39 is 4.33 Å². The zero-order chi connectivity index (χ0) is 8.06. The molecular weight excluding hydrogens is 247 g/mol. The third kappa shape index (κ3) is 1.10. The fourth-order valence-corrected chi connectivity index (χ4v) is 3.05. The summed E-state index contributed by atoms with van der Waals surface area (Å²) in [6, 6.07) is 5.99. The van der Waals surface area contributed by atoms with Gasteiger partial charge < -0.3 is 0 Å². The first-order chi connectivity index (χ1) is 5.11. The second-order valence-corrected chi connectivity index (χ2v) is 4.99. The molecule has 2 rings (SSSR count). The molecule has 58 valence electrons. The highest BCUT2D eigenvalue weighted by atomic mass is 79.9. The topological polar surface area (TPSA) is 0 Å². The zero-order valence-corrected chi connectivity index (χ0v) is 8.67. The minimum Gasteiger partial charge on any atom is -0.0959 e. The molecule has 0 atom stereocenters. The van der Waals surface area contributed by atoms with E-state index in [9.17, 15) is 0 Å². The Morgan fingerprint density at radius 3 is 2.55 bits per heavy atom. The van der Waals surface area contributed by atoms with Crippen LogP contribution in [-0.4, -0.2) is 0 Å². The first kappa shape index (κ1) is 7.90. The van der Waals surface area contributed by atoms with Crippen LogP contribution in [0.25, 0.3) is 0 Å². The summed E-state index contributed by atoms with van der Waals surface area (Å²) in [5, 5.41) is 0. The van der Waals surface area contributed by atoms with Gasteiger partial charge in [0.05, 0.1) is 0 Å². The van der Waals surface area contributed by atoms with Gasteiger partial charge in [-0.25, -0.2) is 0 Å². The number of benzene rings is 1. The van der Waals surface area contributed by atoms with E-state index >= 15 is 0 Å². The van der Waals surface area contributed by atoms with Crippen LogP contribution in [-0.2, 0) is 10.8 Å². The van der Waals surface area contributed by atoms with Crippen molar-refractivity contribution in [1.29, 1.82) is 0 Å². The van der Waals surface area contributed by atoms with Crippen LogP contribution >= 0.6 is 39.1 Å². The van der Waals surface area contributed by atoms with Gasteiger partial charge in [0.1, 0.15) is 4.33 Å². The largest absolute Gasteiger partial charge is 0.148 e. The maximum absolute atomic E-state index is 5.98. The van der Waals surface area contributed by atoms with Gasteiger partial charge in [0.2, 0.25) is 0 Å². The highest BCUT2D eigenvalue weighted by Crippen LogP contribution is 2.50. The maximum Gasteiger partial charge on any atom is 0.148 e. The number of hydrogen-bond acceptors (Lipinski definition) is 0. The van der Waals surface area contributed by atoms with E-state index in [1.165, 1.54) is 5.56 Å². The highest BCUT2D eigenvalue weighted by molar-refractivity contribution is 9.10. The van der Waals surface area contributed by atoms with Gasteiger partial charge in [-0.05, 0) is 11.6 Å². The summed E-state index contributed by atoms with van der Waals surface area (Å²) in [4.78, 5) is 0. The Balaban J connectivity index is 2.60. The van der Waals surface area contributed by atoms with Gasteiger partial charge in [0.15, 0.2) is 0 Å². The van der Waals surface area contributed by atoms with Crippen molar-refractivity contribution in [3.8, 4) is 0 Å². The summed E-state index contributed by atoms with van der Waals surface area (Å²) in [5.41, 5.74) is 2.27. The molecule has 11 heavy (non-hydrogen) atoms. The highest BCUT2D eigenvalue weighted by Gasteiger charge is 2.40. The quantitative estimate of drug-likeness (QED) is 0.618. The second kappa shape index (κ2) is 2.38. The van der Waals surface area contributed by atoms with Crippen molar-refractivity contribution < 1.29 is 0 Å². The molecule has 0 heterocycles. The average molecular weight is 252 g/mol. The first-order valence-electron chi connectivity index (χ1n) is 3.27. The molecular formula is C8H5BrCl2. The molecule has 3 heteroatoms. The molecule has 0 spiro atoms. The lowest BCUT2D eigenvalue weighted by Crippen LogP contribution is -2.27. The van der Waals surface area contributed by atoms with Crippen molar-refractivity contribution in [3.63, 3.8) is 0 Å². The van der Waals surface area contributed by atoms with Crippen molar-refractivity contribution in [2.45, 2.75) is 10.8 Å². The Labute approximate surface area is 83.6 Å². The first-order valence-corrected chi connectivity index (χ1v) is 4.82. The predicted molar refractivity (Wildman–Crippen MR) is 51.2 cm³/mol. The lowest BCUT2D eigenvalue weighted by Gasteiger charge is -2.33. The molecule has 1 aliphatic rings. The minimum absolute atomic E-state index is 0.657. The molecule has 0 N–H and O–H groups in total. The monoisotopic (exact) mass is 250 g/mol. The van der Waals surface area contributed by atoms with Crippen LogP contribution in [0.4, 0.5) is 0 Å². The smallest absolute Gasteiger partial charge is 0.0959 e. The molecule has 0 aliphatic heterocycles. The van der Waals surface area contributed by atoms with Gasteiger partial charge in [-0.1, -0.05) is 51.3 Å². The van der Waals surface area contributed by atoms with Crippen LogP contribution in [0.3, 0.4) is 0 Å². The van der Waals surface area contributed by atoms with Gasteiger partial charge in [0, 0.05) is 16.5 Å². The fourth-order valence-electron chi connectivity index (χ4n) is 1.35. The number of hydrogen-bond donors (Lipinski definition) is 0. The molecule has 1 aromatic rings. The van der Waals surface area contributed by atoms with Crippen LogP contribution < -0.4 is 0 Å². The lowest BCUT2D eigenvalue weighted by molar-refractivity contribution is 0.723. The normalized spacial score (nSPS) is 18.8. The van der Waals surface area contributed by atoms with Crippen molar-refractivity contribution in [2.75, 3.05) is 0 Å². The Morgan fingerprint density at radius 2 is 2.09 bits per heavy atom. The third-order valence-corrected chi connectivity index (χ3v) is 3.18. The van der Waals surface area contributed by atoms with Crippen molar-refractivity contribution in [2.24, 2.45) is 0 Å². The number of fused-ring (bicyclic) bond motifs is 1. The second-order valence-electron chi connectivity index (χ2n) is 2.66. The van der Waals surface area contributed by atoms with Crippen LogP contribution in [0.1, 0.15) is 11.1 Å². The van der Waals surface area contributed by atoms with Gasteiger partial charge in [0.25, 0.3) is 0 Å². The Hall–Kier alpha value is 0.280. The van der Waals surface area contributed by atoms with E-state index in [0.717, 1.165) is 16.5 Å². The molecule has 0 amide bonds. The van der Waals surface area contributed by atoms with Crippen LogP contribution in [0.5, 0.6) is 0 Å². The molecule has 0 radical (unpaired) electrons. The van der Waals surface area contributed by atoms with E-state index in [2.05, 4.69) is 15.9 Å². The van der Waals surface area contributed by atoms with Crippen LogP contribution in [0.2, 0.25) is 0 Å². The van der Waals surface area contributed by atoms with Crippen molar-refractivity contribution >= 4 is 39.1 Å². The van der Waals surface area contributed by atoms with Gasteiger partial charge >= 0.3 is 0 Å². The SMILES string of the molecule is ClC1(Cl)Cc2cccc(Br)c21. The molecule has 0 saturated heterocycles. The van der Waals surface area contributed by atoms with Gasteiger partial charge in [-0.3, -0.25) is 0 Å². The summed E-state index contributed by atoms with van der Waals surface area (Å²) in [5.74, 6) is 0. The number of rotatable bonds is 0. The maximum atomic E-state index is 5.98. The molecule has 0 aromatic heterocycles. The standard InChI is InChI=1S/C8H5BrCl2/c9-6-3-1-2-5-4-8(10,11)7(5)6/h1-3H,4H2. The van der Waals surface area contributed by atoms with E-state index in [1.54, 1.807) is 0 Å². The van der Waals surface area contributed by atoms with Gasteiger partial charge in [-0.15, -0.1) is 0 Å².